The molecule has 0 aliphatic rings. The van der Waals surface area contributed by atoms with Crippen molar-refractivity contribution >= 4 is 46.6 Å². The zero-order chi connectivity index (χ0) is 11.5. The van der Waals surface area contributed by atoms with Crippen LogP contribution in [0, 0.1) is 0 Å². The third kappa shape index (κ3) is 2.80. The first kappa shape index (κ1) is 12.0. The molecule has 2 aromatic rings. The molecule has 0 saturated heterocycles. The molecule has 0 atom stereocenters. The Labute approximate surface area is 112 Å². The number of pyridine rings is 2. The van der Waals surface area contributed by atoms with E-state index in [0.717, 1.165) is 4.90 Å². The van der Waals surface area contributed by atoms with Crippen LogP contribution in [0.5, 0.6) is 0 Å². The highest BCUT2D eigenvalue weighted by Gasteiger charge is 2.09. The van der Waals surface area contributed by atoms with Gasteiger partial charge in [0.1, 0.15) is 10.2 Å². The lowest BCUT2D eigenvalue weighted by atomic mass is 10.5. The number of hydrogen-bond acceptors (Lipinski definition) is 3. The van der Waals surface area contributed by atoms with E-state index in [1.54, 1.807) is 18.5 Å². The molecule has 0 unspecified atom stereocenters. The molecule has 0 fully saturated rings. The summed E-state index contributed by atoms with van der Waals surface area (Å²) in [6, 6.07) is 5.32. The van der Waals surface area contributed by atoms with Gasteiger partial charge < -0.3 is 0 Å². The molecule has 2 aromatic heterocycles. The topological polar surface area (TPSA) is 25.8 Å². The second-order valence-electron chi connectivity index (χ2n) is 2.83. The molecule has 16 heavy (non-hydrogen) atoms. The van der Waals surface area contributed by atoms with E-state index in [0.29, 0.717) is 15.1 Å². The largest absolute Gasteiger partial charge is 0.265 e. The van der Waals surface area contributed by atoms with Gasteiger partial charge in [-0.1, -0.05) is 46.6 Å². The minimum absolute atomic E-state index is 0.252. The highest BCUT2D eigenvalue weighted by atomic mass is 35.5. The molecule has 0 bridgehead atoms. The van der Waals surface area contributed by atoms with E-state index in [-0.39, 0.29) is 5.15 Å². The molecule has 0 aromatic carbocycles. The number of aromatic nitrogens is 2. The molecule has 2 nitrogen and oxygen atoms in total. The third-order valence-corrected chi connectivity index (χ3v) is 3.80. The van der Waals surface area contributed by atoms with Gasteiger partial charge >= 0.3 is 0 Å². The molecular formula is C10H5Cl3N2S. The molecule has 0 spiro atoms. The number of nitrogens with zero attached hydrogens (tertiary/aromatic N) is 2. The van der Waals surface area contributed by atoms with Crippen LogP contribution in [0.4, 0.5) is 0 Å². The fraction of sp³-hybridized carbons (Fsp3) is 0. The molecule has 0 saturated carbocycles. The van der Waals surface area contributed by atoms with Crippen LogP contribution < -0.4 is 0 Å². The summed E-state index contributed by atoms with van der Waals surface area (Å²) in [5.41, 5.74) is 0. The summed E-state index contributed by atoms with van der Waals surface area (Å²) >= 11 is 19.0. The fourth-order valence-electron chi connectivity index (χ4n) is 1.02. The summed E-state index contributed by atoms with van der Waals surface area (Å²) in [5.74, 6) is 0. The summed E-state index contributed by atoms with van der Waals surface area (Å²) in [6.07, 6.45) is 3.40. The first-order valence-corrected chi connectivity index (χ1v) is 6.21. The lowest BCUT2D eigenvalue weighted by Gasteiger charge is -2.04. The monoisotopic (exact) mass is 290 g/mol. The minimum Gasteiger partial charge on any atom is -0.265 e. The number of hydrogen-bond donors (Lipinski definition) is 0. The standard InChI is InChI=1S/C10H5Cl3N2S/c11-7-5-8(12)10(15-9(7)13)16-6-1-3-14-4-2-6/h1-5H. The Morgan fingerprint density at radius 2 is 1.69 bits per heavy atom. The second-order valence-corrected chi connectivity index (χ2v) is 5.07. The minimum atomic E-state index is 0.252. The SMILES string of the molecule is Clc1cc(Cl)c(Sc2ccncc2)nc1Cl. The van der Waals surface area contributed by atoms with E-state index < -0.39 is 0 Å². The van der Waals surface area contributed by atoms with Crippen LogP contribution in [-0.4, -0.2) is 9.97 Å². The second kappa shape index (κ2) is 5.23. The average molecular weight is 292 g/mol. The maximum atomic E-state index is 6.01. The summed E-state index contributed by atoms with van der Waals surface area (Å²) in [4.78, 5) is 9.03. The smallest absolute Gasteiger partial charge is 0.149 e. The molecular weight excluding hydrogens is 287 g/mol. The van der Waals surface area contributed by atoms with E-state index in [1.165, 1.54) is 11.8 Å². The van der Waals surface area contributed by atoms with Crippen molar-refractivity contribution < 1.29 is 0 Å². The number of halogens is 3. The molecule has 0 amide bonds. The van der Waals surface area contributed by atoms with Crippen molar-refractivity contribution in [1.82, 2.24) is 9.97 Å². The van der Waals surface area contributed by atoms with Crippen molar-refractivity contribution in [3.05, 3.63) is 45.8 Å². The highest BCUT2D eigenvalue weighted by Crippen LogP contribution is 2.35. The lowest BCUT2D eigenvalue weighted by Crippen LogP contribution is -1.84. The van der Waals surface area contributed by atoms with Gasteiger partial charge in [-0.2, -0.15) is 0 Å². The zero-order valence-electron chi connectivity index (χ0n) is 7.82. The van der Waals surface area contributed by atoms with Crippen LogP contribution >= 0.6 is 46.6 Å². The summed E-state index contributed by atoms with van der Waals surface area (Å²) < 4.78 is 0. The number of rotatable bonds is 2. The van der Waals surface area contributed by atoms with Crippen molar-refractivity contribution in [3.63, 3.8) is 0 Å². The highest BCUT2D eigenvalue weighted by molar-refractivity contribution is 7.99. The predicted octanol–water partition coefficient (Wildman–Crippen LogP) is 4.59. The third-order valence-electron chi connectivity index (χ3n) is 1.72. The van der Waals surface area contributed by atoms with Gasteiger partial charge in [-0.15, -0.1) is 0 Å². The first-order chi connectivity index (χ1) is 7.66. The molecule has 6 heteroatoms. The normalized spacial score (nSPS) is 10.4. The van der Waals surface area contributed by atoms with Gasteiger partial charge in [0.25, 0.3) is 0 Å². The predicted molar refractivity (Wildman–Crippen MR) is 67.6 cm³/mol. The Balaban J connectivity index is 2.32. The Bertz CT molecular complexity index is 505. The van der Waals surface area contributed by atoms with Gasteiger partial charge in [0.15, 0.2) is 0 Å². The lowest BCUT2D eigenvalue weighted by molar-refractivity contribution is 1.13. The molecule has 0 radical (unpaired) electrons. The van der Waals surface area contributed by atoms with Crippen LogP contribution in [0.3, 0.4) is 0 Å². The molecule has 2 heterocycles. The van der Waals surface area contributed by atoms with E-state index >= 15 is 0 Å². The summed E-state index contributed by atoms with van der Waals surface area (Å²) in [5, 5.41) is 1.71. The zero-order valence-corrected chi connectivity index (χ0v) is 10.9. The Morgan fingerprint density at radius 1 is 1.00 bits per heavy atom. The fourth-order valence-corrected chi connectivity index (χ4v) is 2.46. The van der Waals surface area contributed by atoms with Crippen molar-refractivity contribution in [3.8, 4) is 0 Å². The molecule has 0 aliphatic heterocycles. The van der Waals surface area contributed by atoms with Crippen LogP contribution in [-0.2, 0) is 0 Å². The van der Waals surface area contributed by atoms with Gasteiger partial charge in [-0.25, -0.2) is 4.98 Å². The Kier molecular flexibility index (Phi) is 3.92. The quantitative estimate of drug-likeness (QED) is 0.757. The van der Waals surface area contributed by atoms with Gasteiger partial charge in [0.2, 0.25) is 0 Å². The van der Waals surface area contributed by atoms with Gasteiger partial charge in [-0.05, 0) is 18.2 Å². The Morgan fingerprint density at radius 3 is 2.38 bits per heavy atom. The van der Waals surface area contributed by atoms with Gasteiger partial charge in [-0.3, -0.25) is 4.98 Å². The summed E-state index contributed by atoms with van der Waals surface area (Å²) in [7, 11) is 0. The van der Waals surface area contributed by atoms with Crippen LogP contribution in [0.25, 0.3) is 0 Å². The maximum absolute atomic E-state index is 6.01. The van der Waals surface area contributed by atoms with E-state index in [1.807, 2.05) is 12.1 Å². The maximum Gasteiger partial charge on any atom is 0.149 e. The van der Waals surface area contributed by atoms with Crippen molar-refractivity contribution in [1.29, 1.82) is 0 Å². The Hall–Kier alpha value is -0.480. The molecule has 82 valence electrons. The summed E-state index contributed by atoms with van der Waals surface area (Å²) in [6.45, 7) is 0. The van der Waals surface area contributed by atoms with E-state index in [2.05, 4.69) is 9.97 Å². The molecule has 0 aliphatic carbocycles. The molecule has 2 rings (SSSR count). The van der Waals surface area contributed by atoms with Crippen molar-refractivity contribution in [2.45, 2.75) is 9.92 Å². The molecule has 0 N–H and O–H groups in total. The van der Waals surface area contributed by atoms with Crippen LogP contribution in [0.2, 0.25) is 15.2 Å². The van der Waals surface area contributed by atoms with E-state index in [9.17, 15) is 0 Å². The van der Waals surface area contributed by atoms with Crippen molar-refractivity contribution in [2.75, 3.05) is 0 Å². The van der Waals surface area contributed by atoms with Crippen molar-refractivity contribution in [2.24, 2.45) is 0 Å². The van der Waals surface area contributed by atoms with E-state index in [4.69, 9.17) is 34.8 Å². The van der Waals surface area contributed by atoms with Crippen LogP contribution in [0.15, 0.2) is 40.5 Å². The van der Waals surface area contributed by atoms with Crippen LogP contribution in [0.1, 0.15) is 0 Å². The first-order valence-electron chi connectivity index (χ1n) is 4.26. The van der Waals surface area contributed by atoms with Gasteiger partial charge in [0, 0.05) is 17.3 Å². The van der Waals surface area contributed by atoms with Gasteiger partial charge in [0.05, 0.1) is 10.0 Å². The average Bonchev–Trinajstić information content (AvgIpc) is 2.27.